The van der Waals surface area contributed by atoms with Gasteiger partial charge < -0.3 is 14.0 Å². The summed E-state index contributed by atoms with van der Waals surface area (Å²) in [5.74, 6) is 1.41. The molecule has 1 fully saturated rings. The number of aryl methyl sites for hydroxylation is 1. The number of methoxy groups -OCH3 is 1. The van der Waals surface area contributed by atoms with Crippen molar-refractivity contribution in [1.82, 2.24) is 14.3 Å². The lowest BCUT2D eigenvalue weighted by molar-refractivity contribution is -0.129. The Hall–Kier alpha value is -2.82. The lowest BCUT2D eigenvalue weighted by Gasteiger charge is -2.16. The minimum atomic E-state index is 0.155. The number of hydrogen-bond donors (Lipinski definition) is 0. The number of fused-ring (bicyclic) bond motifs is 1. The summed E-state index contributed by atoms with van der Waals surface area (Å²) in [6, 6.07) is 12.2. The second-order valence-corrected chi connectivity index (χ2v) is 6.93. The minimum Gasteiger partial charge on any atom is -0.497 e. The van der Waals surface area contributed by atoms with Crippen molar-refractivity contribution in [2.75, 3.05) is 20.2 Å². The first kappa shape index (κ1) is 16.6. The van der Waals surface area contributed by atoms with Crippen LogP contribution in [0.1, 0.15) is 29.2 Å². The standard InChI is InChI=1S/C21H23N3O2/c1-15-4-3-10-24-14-18(22-21(15)24)12-20(25)23-11-9-17(13-23)16-5-7-19(26-2)8-6-16/h3-8,10,14,17H,9,11-13H2,1-2H3. The van der Waals surface area contributed by atoms with Crippen LogP contribution in [0.4, 0.5) is 0 Å². The van der Waals surface area contributed by atoms with Gasteiger partial charge in [0.05, 0.1) is 19.2 Å². The molecule has 5 nitrogen and oxygen atoms in total. The van der Waals surface area contributed by atoms with Crippen LogP contribution in [0.25, 0.3) is 5.65 Å². The number of imidazole rings is 1. The Morgan fingerprint density at radius 1 is 1.27 bits per heavy atom. The van der Waals surface area contributed by atoms with E-state index in [0.29, 0.717) is 12.3 Å². The minimum absolute atomic E-state index is 0.155. The van der Waals surface area contributed by atoms with Gasteiger partial charge in [0.1, 0.15) is 11.4 Å². The van der Waals surface area contributed by atoms with Gasteiger partial charge in [-0.1, -0.05) is 18.2 Å². The molecular formula is C21H23N3O2. The van der Waals surface area contributed by atoms with E-state index in [-0.39, 0.29) is 5.91 Å². The fraction of sp³-hybridized carbons (Fsp3) is 0.333. The highest BCUT2D eigenvalue weighted by Gasteiger charge is 2.27. The smallest absolute Gasteiger partial charge is 0.228 e. The molecule has 1 unspecified atom stereocenters. The molecule has 0 saturated carbocycles. The Bertz CT molecular complexity index is 930. The first-order valence-corrected chi connectivity index (χ1v) is 8.99. The van der Waals surface area contributed by atoms with Crippen LogP contribution >= 0.6 is 0 Å². The number of likely N-dealkylation sites (tertiary alicyclic amines) is 1. The van der Waals surface area contributed by atoms with Crippen LogP contribution in [-0.2, 0) is 11.2 Å². The molecule has 1 aliphatic rings. The number of benzene rings is 1. The van der Waals surface area contributed by atoms with E-state index in [2.05, 4.69) is 17.1 Å². The maximum atomic E-state index is 12.7. The molecule has 5 heteroatoms. The molecule has 1 aromatic carbocycles. The average Bonchev–Trinajstić information content (AvgIpc) is 3.29. The number of carbonyl (C=O) groups excluding carboxylic acids is 1. The third kappa shape index (κ3) is 3.17. The van der Waals surface area contributed by atoms with Crippen LogP contribution < -0.4 is 4.74 Å². The number of aromatic nitrogens is 2. The van der Waals surface area contributed by atoms with E-state index < -0.39 is 0 Å². The molecule has 1 aliphatic heterocycles. The Kier molecular flexibility index (Phi) is 4.37. The summed E-state index contributed by atoms with van der Waals surface area (Å²) in [6.45, 7) is 3.62. The lowest BCUT2D eigenvalue weighted by Crippen LogP contribution is -2.30. The molecular weight excluding hydrogens is 326 g/mol. The van der Waals surface area contributed by atoms with Gasteiger partial charge in [0.2, 0.25) is 5.91 Å². The first-order chi connectivity index (χ1) is 12.6. The largest absolute Gasteiger partial charge is 0.497 e. The zero-order valence-electron chi connectivity index (χ0n) is 15.2. The monoisotopic (exact) mass is 349 g/mol. The van der Waals surface area contributed by atoms with E-state index in [1.54, 1.807) is 7.11 Å². The maximum absolute atomic E-state index is 12.7. The zero-order valence-corrected chi connectivity index (χ0v) is 15.2. The van der Waals surface area contributed by atoms with Gasteiger partial charge in [-0.25, -0.2) is 4.98 Å². The molecule has 1 atom stereocenters. The highest BCUT2D eigenvalue weighted by molar-refractivity contribution is 5.79. The van der Waals surface area contributed by atoms with Crippen molar-refractivity contribution in [3.63, 3.8) is 0 Å². The highest BCUT2D eigenvalue weighted by Crippen LogP contribution is 2.28. The van der Waals surface area contributed by atoms with Crippen molar-refractivity contribution in [2.24, 2.45) is 0 Å². The molecule has 3 heterocycles. The van der Waals surface area contributed by atoms with Crippen molar-refractivity contribution in [3.05, 3.63) is 65.6 Å². The summed E-state index contributed by atoms with van der Waals surface area (Å²) >= 11 is 0. The summed E-state index contributed by atoms with van der Waals surface area (Å²) < 4.78 is 7.21. The Morgan fingerprint density at radius 3 is 2.81 bits per heavy atom. The second-order valence-electron chi connectivity index (χ2n) is 6.93. The molecule has 26 heavy (non-hydrogen) atoms. The summed E-state index contributed by atoms with van der Waals surface area (Å²) in [6.07, 6.45) is 5.29. The lowest BCUT2D eigenvalue weighted by atomic mass is 9.98. The number of carbonyl (C=O) groups is 1. The number of nitrogens with zero attached hydrogens (tertiary/aromatic N) is 3. The predicted molar refractivity (Wildman–Crippen MR) is 101 cm³/mol. The van der Waals surface area contributed by atoms with Gasteiger partial charge in [-0.05, 0) is 42.7 Å². The van der Waals surface area contributed by atoms with E-state index >= 15 is 0 Å². The molecule has 0 aliphatic carbocycles. The third-order valence-electron chi connectivity index (χ3n) is 5.19. The van der Waals surface area contributed by atoms with Crippen molar-refractivity contribution in [3.8, 4) is 5.75 Å². The zero-order chi connectivity index (χ0) is 18.1. The molecule has 0 bridgehead atoms. The Morgan fingerprint density at radius 2 is 2.08 bits per heavy atom. The Balaban J connectivity index is 1.42. The van der Waals surface area contributed by atoms with Gasteiger partial charge in [-0.3, -0.25) is 4.79 Å². The van der Waals surface area contributed by atoms with Crippen LogP contribution in [-0.4, -0.2) is 40.4 Å². The van der Waals surface area contributed by atoms with Crippen LogP contribution in [0.2, 0.25) is 0 Å². The number of pyridine rings is 1. The molecule has 3 aromatic rings. The fourth-order valence-electron chi connectivity index (χ4n) is 3.69. The van der Waals surface area contributed by atoms with Gasteiger partial charge in [0, 0.05) is 31.4 Å². The average molecular weight is 349 g/mol. The van der Waals surface area contributed by atoms with Crippen molar-refractivity contribution < 1.29 is 9.53 Å². The first-order valence-electron chi connectivity index (χ1n) is 8.99. The maximum Gasteiger partial charge on any atom is 0.228 e. The topological polar surface area (TPSA) is 46.8 Å². The van der Waals surface area contributed by atoms with Crippen molar-refractivity contribution in [1.29, 1.82) is 0 Å². The molecule has 1 saturated heterocycles. The molecule has 1 amide bonds. The summed E-state index contributed by atoms with van der Waals surface area (Å²) in [7, 11) is 1.67. The van der Waals surface area contributed by atoms with E-state index in [4.69, 9.17) is 4.74 Å². The van der Waals surface area contributed by atoms with Crippen LogP contribution in [0.15, 0.2) is 48.8 Å². The number of amides is 1. The number of ether oxygens (including phenoxy) is 1. The van der Waals surface area contributed by atoms with Gasteiger partial charge in [-0.15, -0.1) is 0 Å². The van der Waals surface area contributed by atoms with Gasteiger partial charge in [-0.2, -0.15) is 0 Å². The normalized spacial score (nSPS) is 17.0. The van der Waals surface area contributed by atoms with Gasteiger partial charge >= 0.3 is 0 Å². The predicted octanol–water partition coefficient (Wildman–Crippen LogP) is 3.21. The summed E-state index contributed by atoms with van der Waals surface area (Å²) in [4.78, 5) is 19.3. The molecule has 134 valence electrons. The van der Waals surface area contributed by atoms with E-state index in [1.807, 2.05) is 52.9 Å². The van der Waals surface area contributed by atoms with Crippen LogP contribution in [0.5, 0.6) is 5.75 Å². The van der Waals surface area contributed by atoms with Gasteiger partial charge in [0.15, 0.2) is 0 Å². The fourth-order valence-corrected chi connectivity index (χ4v) is 3.69. The van der Waals surface area contributed by atoms with Crippen LogP contribution in [0, 0.1) is 6.92 Å². The number of rotatable bonds is 4. The molecule has 0 radical (unpaired) electrons. The molecule has 2 aromatic heterocycles. The van der Waals surface area contributed by atoms with Crippen molar-refractivity contribution in [2.45, 2.75) is 25.7 Å². The SMILES string of the molecule is COc1ccc(C2CCN(C(=O)Cc3cn4cccc(C)c4n3)C2)cc1. The summed E-state index contributed by atoms with van der Waals surface area (Å²) in [5.41, 5.74) is 4.14. The molecule has 4 rings (SSSR count). The summed E-state index contributed by atoms with van der Waals surface area (Å²) in [5, 5.41) is 0. The van der Waals surface area contributed by atoms with E-state index in [0.717, 1.165) is 42.2 Å². The molecule has 0 spiro atoms. The van der Waals surface area contributed by atoms with E-state index in [1.165, 1.54) is 5.56 Å². The highest BCUT2D eigenvalue weighted by atomic mass is 16.5. The third-order valence-corrected chi connectivity index (χ3v) is 5.19. The quantitative estimate of drug-likeness (QED) is 0.727. The number of hydrogen-bond acceptors (Lipinski definition) is 3. The van der Waals surface area contributed by atoms with Gasteiger partial charge in [0.25, 0.3) is 0 Å². The van der Waals surface area contributed by atoms with Crippen LogP contribution in [0.3, 0.4) is 0 Å². The molecule has 0 N–H and O–H groups in total. The Labute approximate surface area is 153 Å². The van der Waals surface area contributed by atoms with Crippen molar-refractivity contribution >= 4 is 11.6 Å². The second kappa shape index (κ2) is 6.83. The van der Waals surface area contributed by atoms with E-state index in [9.17, 15) is 4.79 Å².